The molecule has 4 aromatic rings. The van der Waals surface area contributed by atoms with Crippen molar-refractivity contribution >= 4 is 49.2 Å². The Morgan fingerprint density at radius 3 is 2.36 bits per heavy atom. The molecule has 0 radical (unpaired) electrons. The third kappa shape index (κ3) is 5.49. The number of sulfonamides is 1. The Morgan fingerprint density at radius 2 is 1.69 bits per heavy atom. The minimum Gasteiger partial charge on any atom is -0.292 e. The average molecular weight is 616 g/mol. The second kappa shape index (κ2) is 10.3. The van der Waals surface area contributed by atoms with Gasteiger partial charge < -0.3 is 0 Å². The van der Waals surface area contributed by atoms with Gasteiger partial charge in [0.25, 0.3) is 5.56 Å². The zero-order chi connectivity index (χ0) is 26.1. The Balaban J connectivity index is 1.68. The lowest BCUT2D eigenvalue weighted by atomic mass is 10.0. The van der Waals surface area contributed by atoms with Crippen LogP contribution in [0, 0.1) is 3.57 Å². The highest BCUT2D eigenvalue weighted by Gasteiger charge is 2.29. The first-order chi connectivity index (χ1) is 17.0. The number of nitrogens with zero attached hydrogens (tertiary/aromatic N) is 2. The summed E-state index contributed by atoms with van der Waals surface area (Å²) in [4.78, 5) is 18.2. The van der Waals surface area contributed by atoms with Crippen LogP contribution in [0.1, 0.15) is 45.5 Å². The molecule has 0 amide bonds. The quantitative estimate of drug-likeness (QED) is 0.251. The molecule has 1 aromatic heterocycles. The second-order valence-corrected chi connectivity index (χ2v) is 13.5. The molecular formula is C28H30IN3O3S. The van der Waals surface area contributed by atoms with Crippen LogP contribution < -0.4 is 10.3 Å². The maximum Gasteiger partial charge on any atom is 0.261 e. The molecule has 0 saturated carbocycles. The molecule has 0 bridgehead atoms. The molecule has 0 atom stereocenters. The SMILES string of the molecule is CCCc1nc2ccc(I)cc2c(=O)n1Cc1ccc(-c2ccccc2NS(=O)(=O)C(C)(C)C)cc1. The number of para-hydroxylation sites is 1. The number of aromatic nitrogens is 2. The molecule has 3 aromatic carbocycles. The Kier molecular flexibility index (Phi) is 7.56. The first kappa shape index (κ1) is 26.3. The normalized spacial score (nSPS) is 12.1. The van der Waals surface area contributed by atoms with Crippen LogP contribution >= 0.6 is 22.6 Å². The van der Waals surface area contributed by atoms with E-state index in [4.69, 9.17) is 4.98 Å². The van der Waals surface area contributed by atoms with E-state index in [2.05, 4.69) is 34.2 Å². The molecule has 1 N–H and O–H groups in total. The van der Waals surface area contributed by atoms with Crippen LogP contribution in [0.3, 0.4) is 0 Å². The van der Waals surface area contributed by atoms with Gasteiger partial charge in [-0.05, 0) is 85.2 Å². The molecule has 0 spiro atoms. The van der Waals surface area contributed by atoms with Crippen molar-refractivity contribution in [1.82, 2.24) is 9.55 Å². The van der Waals surface area contributed by atoms with Crippen molar-refractivity contribution in [2.24, 2.45) is 0 Å². The van der Waals surface area contributed by atoms with Crippen molar-refractivity contribution in [3.63, 3.8) is 0 Å². The van der Waals surface area contributed by atoms with E-state index in [1.165, 1.54) is 0 Å². The van der Waals surface area contributed by atoms with Gasteiger partial charge >= 0.3 is 0 Å². The topological polar surface area (TPSA) is 81.1 Å². The number of rotatable bonds is 7. The molecule has 0 unspecified atom stereocenters. The van der Waals surface area contributed by atoms with Gasteiger partial charge in [-0.1, -0.05) is 49.4 Å². The van der Waals surface area contributed by atoms with E-state index in [1.807, 2.05) is 60.7 Å². The molecule has 6 nitrogen and oxygen atoms in total. The monoisotopic (exact) mass is 615 g/mol. The van der Waals surface area contributed by atoms with E-state index >= 15 is 0 Å². The molecule has 0 aliphatic carbocycles. The summed E-state index contributed by atoms with van der Waals surface area (Å²) in [7, 11) is -3.56. The van der Waals surface area contributed by atoms with E-state index in [9.17, 15) is 13.2 Å². The molecule has 0 aliphatic rings. The maximum atomic E-state index is 13.4. The summed E-state index contributed by atoms with van der Waals surface area (Å²) in [6.07, 6.45) is 1.61. The van der Waals surface area contributed by atoms with E-state index in [0.717, 1.165) is 44.4 Å². The highest BCUT2D eigenvalue weighted by atomic mass is 127. The van der Waals surface area contributed by atoms with Crippen LogP contribution in [0.4, 0.5) is 5.69 Å². The largest absolute Gasteiger partial charge is 0.292 e. The summed E-state index contributed by atoms with van der Waals surface area (Å²) >= 11 is 2.21. The first-order valence-corrected chi connectivity index (χ1v) is 14.5. The zero-order valence-corrected chi connectivity index (χ0v) is 23.9. The van der Waals surface area contributed by atoms with Crippen molar-refractivity contribution in [2.75, 3.05) is 4.72 Å². The predicted molar refractivity (Wildman–Crippen MR) is 156 cm³/mol. The highest BCUT2D eigenvalue weighted by Crippen LogP contribution is 2.31. The highest BCUT2D eigenvalue weighted by molar-refractivity contribution is 14.1. The van der Waals surface area contributed by atoms with Crippen molar-refractivity contribution in [2.45, 2.75) is 51.8 Å². The maximum absolute atomic E-state index is 13.4. The van der Waals surface area contributed by atoms with Crippen molar-refractivity contribution in [3.8, 4) is 11.1 Å². The van der Waals surface area contributed by atoms with Gasteiger partial charge in [-0.3, -0.25) is 14.1 Å². The number of hydrogen-bond acceptors (Lipinski definition) is 4. The molecule has 0 fully saturated rings. The molecule has 8 heteroatoms. The van der Waals surface area contributed by atoms with E-state index < -0.39 is 14.8 Å². The minimum absolute atomic E-state index is 0.0343. The average Bonchev–Trinajstić information content (AvgIpc) is 2.82. The standard InChI is InChI=1S/C28H30IN3O3S/c1-5-8-26-30-24-16-15-21(29)17-23(24)27(33)32(26)18-19-11-13-20(14-12-19)22-9-6-7-10-25(22)31-36(34,35)28(2,3)4/h6-7,9-17,31H,5,8,18H2,1-4H3. The van der Waals surface area contributed by atoms with Gasteiger partial charge in [-0.15, -0.1) is 0 Å². The predicted octanol–water partition coefficient (Wildman–Crippen LogP) is 6.21. The van der Waals surface area contributed by atoms with Crippen LogP contribution in [0.5, 0.6) is 0 Å². The lowest BCUT2D eigenvalue weighted by Crippen LogP contribution is -2.33. The number of halogens is 1. The van der Waals surface area contributed by atoms with Crippen LogP contribution in [-0.2, 0) is 23.0 Å². The molecule has 36 heavy (non-hydrogen) atoms. The zero-order valence-electron chi connectivity index (χ0n) is 20.9. The molecule has 4 rings (SSSR count). The smallest absolute Gasteiger partial charge is 0.261 e. The lowest BCUT2D eigenvalue weighted by Gasteiger charge is -2.22. The number of hydrogen-bond donors (Lipinski definition) is 1. The van der Waals surface area contributed by atoms with Gasteiger partial charge in [-0.25, -0.2) is 13.4 Å². The van der Waals surface area contributed by atoms with Crippen molar-refractivity contribution in [1.29, 1.82) is 0 Å². The van der Waals surface area contributed by atoms with Crippen LogP contribution in [-0.4, -0.2) is 22.7 Å². The Morgan fingerprint density at radius 1 is 1.00 bits per heavy atom. The van der Waals surface area contributed by atoms with Gasteiger partial charge in [0.05, 0.1) is 27.9 Å². The van der Waals surface area contributed by atoms with E-state index in [0.29, 0.717) is 17.6 Å². The van der Waals surface area contributed by atoms with Crippen LogP contribution in [0.25, 0.3) is 22.0 Å². The van der Waals surface area contributed by atoms with Gasteiger partial charge in [0.1, 0.15) is 5.82 Å². The van der Waals surface area contributed by atoms with Gasteiger partial charge in [0.15, 0.2) is 0 Å². The van der Waals surface area contributed by atoms with Gasteiger partial charge in [-0.2, -0.15) is 0 Å². The summed E-state index contributed by atoms with van der Waals surface area (Å²) in [5, 5.41) is 0.624. The third-order valence-corrected chi connectivity index (χ3v) is 8.82. The Bertz CT molecular complexity index is 1570. The summed E-state index contributed by atoms with van der Waals surface area (Å²) in [5.41, 5.74) is 3.88. The van der Waals surface area contributed by atoms with E-state index in [1.54, 1.807) is 31.4 Å². The fourth-order valence-corrected chi connectivity index (χ4v) is 5.18. The lowest BCUT2D eigenvalue weighted by molar-refractivity contribution is 0.566. The molecular weight excluding hydrogens is 585 g/mol. The molecule has 1 heterocycles. The Hall–Kier alpha value is -2.72. The Labute approximate surface area is 226 Å². The van der Waals surface area contributed by atoms with Crippen molar-refractivity contribution < 1.29 is 8.42 Å². The van der Waals surface area contributed by atoms with Crippen LogP contribution in [0.2, 0.25) is 0 Å². The number of anilines is 1. The first-order valence-electron chi connectivity index (χ1n) is 11.9. The number of nitrogens with one attached hydrogen (secondary N) is 1. The molecule has 188 valence electrons. The summed E-state index contributed by atoms with van der Waals surface area (Å²) < 4.78 is 30.1. The molecule has 0 aliphatic heterocycles. The second-order valence-electron chi connectivity index (χ2n) is 9.79. The third-order valence-electron chi connectivity index (χ3n) is 6.05. The van der Waals surface area contributed by atoms with Gasteiger partial charge in [0, 0.05) is 15.6 Å². The van der Waals surface area contributed by atoms with Crippen LogP contribution in [0.15, 0.2) is 71.5 Å². The number of aryl methyl sites for hydroxylation is 1. The number of benzene rings is 3. The fraction of sp³-hybridized carbons (Fsp3) is 0.286. The van der Waals surface area contributed by atoms with Crippen molar-refractivity contribution in [3.05, 3.63) is 92.0 Å². The fourth-order valence-electron chi connectivity index (χ4n) is 3.91. The molecule has 0 saturated heterocycles. The summed E-state index contributed by atoms with van der Waals surface area (Å²) in [5.74, 6) is 0.780. The summed E-state index contributed by atoms with van der Waals surface area (Å²) in [6.45, 7) is 7.51. The minimum atomic E-state index is -3.56. The number of fused-ring (bicyclic) bond motifs is 1. The van der Waals surface area contributed by atoms with E-state index in [-0.39, 0.29) is 5.56 Å². The van der Waals surface area contributed by atoms with Gasteiger partial charge in [0.2, 0.25) is 10.0 Å². The summed E-state index contributed by atoms with van der Waals surface area (Å²) in [6, 6.07) is 21.0.